The lowest BCUT2D eigenvalue weighted by atomic mass is 10.1. The van der Waals surface area contributed by atoms with Crippen molar-refractivity contribution in [1.29, 1.82) is 0 Å². The zero-order valence-corrected chi connectivity index (χ0v) is 20.4. The van der Waals surface area contributed by atoms with Crippen LogP contribution in [0, 0.1) is 0 Å². The van der Waals surface area contributed by atoms with Crippen molar-refractivity contribution >= 4 is 29.9 Å². The minimum absolute atomic E-state index is 0. The van der Waals surface area contributed by atoms with E-state index in [0.717, 1.165) is 51.6 Å². The molecule has 9 nitrogen and oxygen atoms in total. The first-order chi connectivity index (χ1) is 14.1. The van der Waals surface area contributed by atoms with E-state index in [4.69, 9.17) is 9.15 Å². The van der Waals surface area contributed by atoms with Crippen molar-refractivity contribution in [2.24, 2.45) is 4.99 Å². The molecule has 1 aliphatic heterocycles. The van der Waals surface area contributed by atoms with Gasteiger partial charge in [-0.3, -0.25) is 5.10 Å². The zero-order chi connectivity index (χ0) is 20.5. The third-order valence-corrected chi connectivity index (χ3v) is 4.79. The number of nitrogens with one attached hydrogen (secondary N) is 3. The highest BCUT2D eigenvalue weighted by Crippen LogP contribution is 2.14. The van der Waals surface area contributed by atoms with Crippen molar-refractivity contribution in [3.8, 4) is 11.6 Å². The summed E-state index contributed by atoms with van der Waals surface area (Å²) in [5, 5.41) is 14.0. The van der Waals surface area contributed by atoms with Crippen LogP contribution >= 0.6 is 24.0 Å². The van der Waals surface area contributed by atoms with E-state index in [9.17, 15) is 0 Å². The molecule has 3 N–H and O–H groups in total. The maximum Gasteiger partial charge on any atom is 0.216 e. The fraction of sp³-hybridized carbons (Fsp3) is 0.650. The molecule has 0 spiro atoms. The van der Waals surface area contributed by atoms with Gasteiger partial charge in [0.05, 0.1) is 19.0 Å². The SMILES string of the molecule is CCNC(=NCc1nc(-c2ccco2)n[nH]1)NC1CCN(CCOC(C)C)CC1.I. The monoisotopic (exact) mass is 531 g/mol. The van der Waals surface area contributed by atoms with Crippen LogP contribution in [0.1, 0.15) is 39.4 Å². The first kappa shape index (κ1) is 24.6. The second kappa shape index (κ2) is 12.9. The molecule has 0 aromatic carbocycles. The number of piperidine rings is 1. The Morgan fingerprint density at radius 1 is 1.40 bits per heavy atom. The molecule has 1 saturated heterocycles. The fourth-order valence-corrected chi connectivity index (χ4v) is 3.27. The molecule has 0 bridgehead atoms. The van der Waals surface area contributed by atoms with Gasteiger partial charge in [0.2, 0.25) is 5.82 Å². The van der Waals surface area contributed by atoms with Crippen molar-refractivity contribution in [2.45, 2.75) is 52.3 Å². The molecule has 2 aromatic heterocycles. The maximum absolute atomic E-state index is 5.66. The molecule has 1 fully saturated rings. The Balaban J connectivity index is 0.00000320. The summed E-state index contributed by atoms with van der Waals surface area (Å²) in [5.41, 5.74) is 0. The van der Waals surface area contributed by atoms with Crippen LogP contribution in [0.3, 0.4) is 0 Å². The number of hydrogen-bond donors (Lipinski definition) is 3. The van der Waals surface area contributed by atoms with E-state index in [1.807, 2.05) is 12.1 Å². The van der Waals surface area contributed by atoms with Gasteiger partial charge in [0.1, 0.15) is 12.4 Å². The van der Waals surface area contributed by atoms with Gasteiger partial charge in [0, 0.05) is 32.2 Å². The number of furan rings is 1. The molecular weight excluding hydrogens is 497 g/mol. The first-order valence-electron chi connectivity index (χ1n) is 10.5. The molecular formula is C20H34IN7O2. The Kier molecular flexibility index (Phi) is 10.6. The molecule has 10 heteroatoms. The van der Waals surface area contributed by atoms with Gasteiger partial charge in [0.15, 0.2) is 11.7 Å². The standard InChI is InChI=1S/C20H33N7O2.HI/c1-4-21-20(22-14-18-24-19(26-25-18)17-6-5-12-29-17)23-16-7-9-27(10-8-16)11-13-28-15(2)3;/h5-6,12,15-16H,4,7-11,13-14H2,1-3H3,(H2,21,22,23)(H,24,25,26);1H. The average Bonchev–Trinajstić information content (AvgIpc) is 3.39. The van der Waals surface area contributed by atoms with Crippen LogP contribution in [0.25, 0.3) is 11.6 Å². The van der Waals surface area contributed by atoms with Crippen LogP contribution in [0.5, 0.6) is 0 Å². The lowest BCUT2D eigenvalue weighted by Crippen LogP contribution is -2.49. The van der Waals surface area contributed by atoms with Crippen LogP contribution in [0.4, 0.5) is 0 Å². The Bertz CT molecular complexity index is 740. The third kappa shape index (κ3) is 7.88. The second-order valence-corrected chi connectivity index (χ2v) is 7.46. The summed E-state index contributed by atoms with van der Waals surface area (Å²) in [6.45, 7) is 11.4. The summed E-state index contributed by atoms with van der Waals surface area (Å²) in [6, 6.07) is 4.08. The van der Waals surface area contributed by atoms with E-state index in [1.165, 1.54) is 0 Å². The van der Waals surface area contributed by atoms with E-state index in [1.54, 1.807) is 6.26 Å². The normalized spacial score (nSPS) is 15.9. The Morgan fingerprint density at radius 3 is 2.87 bits per heavy atom. The van der Waals surface area contributed by atoms with Crippen molar-refractivity contribution in [3.63, 3.8) is 0 Å². The van der Waals surface area contributed by atoms with Gasteiger partial charge in [-0.15, -0.1) is 29.1 Å². The summed E-state index contributed by atoms with van der Waals surface area (Å²) in [4.78, 5) is 11.6. The molecule has 0 unspecified atom stereocenters. The van der Waals surface area contributed by atoms with E-state index in [2.05, 4.69) is 56.5 Å². The minimum atomic E-state index is 0. The summed E-state index contributed by atoms with van der Waals surface area (Å²) < 4.78 is 11.0. The number of H-pyrrole nitrogens is 1. The Morgan fingerprint density at radius 2 is 2.20 bits per heavy atom. The molecule has 168 valence electrons. The van der Waals surface area contributed by atoms with Crippen molar-refractivity contribution in [1.82, 2.24) is 30.7 Å². The molecule has 2 aromatic rings. The lowest BCUT2D eigenvalue weighted by molar-refractivity contribution is 0.0532. The highest BCUT2D eigenvalue weighted by Gasteiger charge is 2.20. The van der Waals surface area contributed by atoms with E-state index in [0.29, 0.717) is 36.1 Å². The van der Waals surface area contributed by atoms with Crippen LogP contribution in [0.2, 0.25) is 0 Å². The number of ether oxygens (including phenoxy) is 1. The zero-order valence-electron chi connectivity index (χ0n) is 18.1. The largest absolute Gasteiger partial charge is 0.461 e. The molecule has 0 amide bonds. The number of hydrogen-bond acceptors (Lipinski definition) is 6. The van der Waals surface area contributed by atoms with Crippen LogP contribution in [-0.2, 0) is 11.3 Å². The molecule has 30 heavy (non-hydrogen) atoms. The highest BCUT2D eigenvalue weighted by molar-refractivity contribution is 14.0. The van der Waals surface area contributed by atoms with Gasteiger partial charge in [-0.05, 0) is 45.7 Å². The molecule has 0 atom stereocenters. The van der Waals surface area contributed by atoms with Crippen molar-refractivity contribution in [3.05, 3.63) is 24.2 Å². The number of halogens is 1. The van der Waals surface area contributed by atoms with Crippen molar-refractivity contribution < 1.29 is 9.15 Å². The molecule has 1 aliphatic rings. The molecule has 3 rings (SSSR count). The summed E-state index contributed by atoms with van der Waals surface area (Å²) >= 11 is 0. The van der Waals surface area contributed by atoms with Gasteiger partial charge in [-0.1, -0.05) is 0 Å². The van der Waals surface area contributed by atoms with Gasteiger partial charge in [0.25, 0.3) is 0 Å². The van der Waals surface area contributed by atoms with Crippen molar-refractivity contribution in [2.75, 3.05) is 32.8 Å². The summed E-state index contributed by atoms with van der Waals surface area (Å²) in [7, 11) is 0. The van der Waals surface area contributed by atoms with Gasteiger partial charge in [-0.2, -0.15) is 0 Å². The van der Waals surface area contributed by atoms with E-state index in [-0.39, 0.29) is 24.0 Å². The van der Waals surface area contributed by atoms with Gasteiger partial charge < -0.3 is 24.7 Å². The molecule has 0 radical (unpaired) electrons. The van der Waals surface area contributed by atoms with Crippen LogP contribution in [-0.4, -0.2) is 71.0 Å². The Labute approximate surface area is 195 Å². The van der Waals surface area contributed by atoms with Crippen LogP contribution < -0.4 is 10.6 Å². The molecule has 0 aliphatic carbocycles. The maximum atomic E-state index is 5.66. The number of guanidine groups is 1. The summed E-state index contributed by atoms with van der Waals surface area (Å²) in [6.07, 6.45) is 4.10. The first-order valence-corrected chi connectivity index (χ1v) is 10.5. The number of aliphatic imine (C=N–C) groups is 1. The highest BCUT2D eigenvalue weighted by atomic mass is 127. The van der Waals surface area contributed by atoms with Gasteiger partial charge in [-0.25, -0.2) is 9.98 Å². The quantitative estimate of drug-likeness (QED) is 0.260. The van der Waals surface area contributed by atoms with E-state index >= 15 is 0 Å². The molecule has 0 saturated carbocycles. The minimum Gasteiger partial charge on any atom is -0.461 e. The Hall–Kier alpha value is -1.66. The topological polar surface area (TPSA) is 104 Å². The number of likely N-dealkylation sites (tertiary alicyclic amines) is 1. The smallest absolute Gasteiger partial charge is 0.216 e. The van der Waals surface area contributed by atoms with Gasteiger partial charge >= 0.3 is 0 Å². The molecule has 3 heterocycles. The number of aromatic nitrogens is 3. The van der Waals surface area contributed by atoms with E-state index < -0.39 is 0 Å². The second-order valence-electron chi connectivity index (χ2n) is 7.46. The average molecular weight is 531 g/mol. The predicted octanol–water partition coefficient (Wildman–Crippen LogP) is 2.63. The van der Waals surface area contributed by atoms with Crippen LogP contribution in [0.15, 0.2) is 27.8 Å². The fourth-order valence-electron chi connectivity index (χ4n) is 3.27. The third-order valence-electron chi connectivity index (χ3n) is 4.79. The summed E-state index contributed by atoms with van der Waals surface area (Å²) in [5.74, 6) is 2.71. The number of nitrogens with zero attached hydrogens (tertiary/aromatic N) is 4. The predicted molar refractivity (Wildman–Crippen MR) is 128 cm³/mol. The lowest BCUT2D eigenvalue weighted by Gasteiger charge is -2.33. The number of rotatable bonds is 9. The number of aromatic amines is 1.